The van der Waals surface area contributed by atoms with Crippen molar-refractivity contribution in [3.05, 3.63) is 55.7 Å². The molecule has 0 unspecified atom stereocenters. The third kappa shape index (κ3) is 4.13. The van der Waals surface area contributed by atoms with Crippen molar-refractivity contribution in [2.75, 3.05) is 0 Å². The molecule has 25 heavy (non-hydrogen) atoms. The molecule has 0 saturated carbocycles. The Kier molecular flexibility index (Phi) is 7.48. The van der Waals surface area contributed by atoms with E-state index in [-0.39, 0.29) is 11.3 Å². The van der Waals surface area contributed by atoms with Gasteiger partial charge in [-0.05, 0) is 115 Å². The topological polar surface area (TPSA) is 60.2 Å². The highest BCUT2D eigenvalue weighted by Gasteiger charge is 2.24. The van der Waals surface area contributed by atoms with Gasteiger partial charge in [0.25, 0.3) is 10.9 Å². The zero-order chi connectivity index (χ0) is 18.9. The van der Waals surface area contributed by atoms with Crippen LogP contribution in [0.4, 0.5) is 5.69 Å². The molecular formula is C17H13ClI3NO3. The van der Waals surface area contributed by atoms with E-state index in [1.807, 2.05) is 0 Å². The van der Waals surface area contributed by atoms with Crippen molar-refractivity contribution < 1.29 is 9.72 Å². The van der Waals surface area contributed by atoms with Crippen molar-refractivity contribution in [2.24, 2.45) is 0 Å². The van der Waals surface area contributed by atoms with Crippen LogP contribution in [0.1, 0.15) is 35.3 Å². The first kappa shape index (κ1) is 21.3. The number of benzene rings is 2. The Bertz CT molecular complexity index is 853. The molecule has 0 radical (unpaired) electrons. The zero-order valence-electron chi connectivity index (χ0n) is 13.3. The van der Waals surface area contributed by atoms with Crippen molar-refractivity contribution in [2.45, 2.75) is 26.7 Å². The maximum atomic E-state index is 11.5. The fourth-order valence-corrected chi connectivity index (χ4v) is 8.13. The number of hydrogen-bond acceptors (Lipinski definition) is 3. The number of hydrogen-bond donors (Lipinski definition) is 0. The molecule has 0 atom stereocenters. The van der Waals surface area contributed by atoms with E-state index in [1.54, 1.807) is 6.07 Å². The predicted octanol–water partition coefficient (Wildman–Crippen LogP) is 6.58. The molecule has 0 amide bonds. The summed E-state index contributed by atoms with van der Waals surface area (Å²) in [5.41, 5.74) is 3.84. The Balaban J connectivity index is 2.85. The number of carbonyl (C=O) groups is 1. The molecule has 2 aromatic rings. The van der Waals surface area contributed by atoms with Crippen LogP contribution in [0.2, 0.25) is 0 Å². The average Bonchev–Trinajstić information content (AvgIpc) is 2.55. The van der Waals surface area contributed by atoms with Crippen LogP contribution in [-0.2, 0) is 12.8 Å². The van der Waals surface area contributed by atoms with E-state index >= 15 is 0 Å². The van der Waals surface area contributed by atoms with Crippen molar-refractivity contribution in [3.8, 4) is 11.1 Å². The van der Waals surface area contributed by atoms with E-state index in [9.17, 15) is 14.9 Å². The van der Waals surface area contributed by atoms with Crippen LogP contribution in [0.25, 0.3) is 11.1 Å². The molecule has 4 nitrogen and oxygen atoms in total. The zero-order valence-corrected chi connectivity index (χ0v) is 20.6. The highest BCUT2D eigenvalue weighted by atomic mass is 127. The Morgan fingerprint density at radius 3 is 2.00 bits per heavy atom. The van der Waals surface area contributed by atoms with Gasteiger partial charge in [-0.3, -0.25) is 14.9 Å². The fourth-order valence-electron chi connectivity index (χ4n) is 2.65. The van der Waals surface area contributed by atoms with Crippen LogP contribution >= 0.6 is 79.4 Å². The maximum absolute atomic E-state index is 11.5. The lowest BCUT2D eigenvalue weighted by atomic mass is 9.96. The van der Waals surface area contributed by atoms with E-state index in [1.165, 1.54) is 26.8 Å². The molecule has 132 valence electrons. The van der Waals surface area contributed by atoms with Crippen molar-refractivity contribution >= 4 is 90.3 Å². The summed E-state index contributed by atoms with van der Waals surface area (Å²) in [4.78, 5) is 22.3. The summed E-state index contributed by atoms with van der Waals surface area (Å²) >= 11 is 12.5. The van der Waals surface area contributed by atoms with Crippen molar-refractivity contribution in [1.29, 1.82) is 0 Å². The molecule has 2 rings (SSSR count). The van der Waals surface area contributed by atoms with Gasteiger partial charge in [-0.2, -0.15) is 0 Å². The van der Waals surface area contributed by atoms with Gasteiger partial charge in [-0.25, -0.2) is 0 Å². The van der Waals surface area contributed by atoms with E-state index in [0.29, 0.717) is 0 Å². The summed E-state index contributed by atoms with van der Waals surface area (Å²) in [7, 11) is 0. The van der Waals surface area contributed by atoms with Gasteiger partial charge in [0.1, 0.15) is 5.56 Å². The van der Waals surface area contributed by atoms with Crippen LogP contribution in [-0.4, -0.2) is 10.2 Å². The molecule has 0 heterocycles. The second-order valence-corrected chi connectivity index (χ2v) is 8.82. The van der Waals surface area contributed by atoms with E-state index in [4.69, 9.17) is 11.6 Å². The largest absolute Gasteiger partial charge is 0.282 e. The number of halogens is 4. The Morgan fingerprint density at radius 2 is 1.60 bits per heavy atom. The number of nitro groups is 1. The van der Waals surface area contributed by atoms with Gasteiger partial charge in [-0.15, -0.1) is 0 Å². The summed E-state index contributed by atoms with van der Waals surface area (Å²) in [6, 6.07) is 4.61. The lowest BCUT2D eigenvalue weighted by molar-refractivity contribution is -0.385. The van der Waals surface area contributed by atoms with Crippen LogP contribution in [0.5, 0.6) is 0 Å². The standard InChI is InChI=1S/C17H13ClI3NO3/c1-3-9-14(19)10(4-2)16(21)13(15(9)20)8-5-6-11(17(18)23)12(7-8)22(24)25/h5-7H,3-4H2,1-2H3. The van der Waals surface area contributed by atoms with Gasteiger partial charge < -0.3 is 0 Å². The summed E-state index contributed by atoms with van der Waals surface area (Å²) in [5.74, 6) is 0. The normalized spacial score (nSPS) is 10.8. The van der Waals surface area contributed by atoms with Gasteiger partial charge in [-0.1, -0.05) is 19.9 Å². The highest BCUT2D eigenvalue weighted by Crippen LogP contribution is 2.40. The molecule has 0 N–H and O–H groups in total. The minimum Gasteiger partial charge on any atom is -0.275 e. The summed E-state index contributed by atoms with van der Waals surface area (Å²) in [6.07, 6.45) is 1.77. The van der Waals surface area contributed by atoms with Crippen molar-refractivity contribution in [3.63, 3.8) is 0 Å². The third-order valence-corrected chi connectivity index (χ3v) is 7.79. The third-order valence-electron chi connectivity index (χ3n) is 3.90. The monoisotopic (exact) mass is 695 g/mol. The Labute approximate surface area is 191 Å². The predicted molar refractivity (Wildman–Crippen MR) is 126 cm³/mol. The van der Waals surface area contributed by atoms with Gasteiger partial charge in [0.2, 0.25) is 0 Å². The Morgan fingerprint density at radius 1 is 1.08 bits per heavy atom. The molecule has 0 saturated heterocycles. The van der Waals surface area contributed by atoms with Gasteiger partial charge in [0.05, 0.1) is 4.92 Å². The van der Waals surface area contributed by atoms with Gasteiger partial charge in [0, 0.05) is 22.3 Å². The molecule has 0 aliphatic carbocycles. The quantitative estimate of drug-likeness (QED) is 0.154. The summed E-state index contributed by atoms with van der Waals surface area (Å²) in [5, 5.41) is 10.5. The lowest BCUT2D eigenvalue weighted by Gasteiger charge is -2.18. The number of carbonyl (C=O) groups excluding carboxylic acids is 1. The molecule has 8 heteroatoms. The molecule has 0 spiro atoms. The van der Waals surface area contributed by atoms with Crippen LogP contribution in [0.3, 0.4) is 0 Å². The van der Waals surface area contributed by atoms with E-state index in [0.717, 1.165) is 31.1 Å². The summed E-state index contributed by atoms with van der Waals surface area (Å²) in [6.45, 7) is 4.21. The SMILES string of the molecule is CCc1c(I)c(CC)c(I)c(-c2ccc(C(=O)Cl)c([N+](=O)[O-])c2)c1I. The molecule has 0 aliphatic rings. The highest BCUT2D eigenvalue weighted by molar-refractivity contribution is 14.1. The molecule has 0 fully saturated rings. The van der Waals surface area contributed by atoms with E-state index in [2.05, 4.69) is 81.6 Å². The lowest BCUT2D eigenvalue weighted by Crippen LogP contribution is -2.05. The molecule has 2 aromatic carbocycles. The fraction of sp³-hybridized carbons (Fsp3) is 0.235. The second-order valence-electron chi connectivity index (χ2n) is 5.24. The first-order chi connectivity index (χ1) is 11.7. The number of rotatable bonds is 5. The van der Waals surface area contributed by atoms with Crippen molar-refractivity contribution in [1.82, 2.24) is 0 Å². The van der Waals surface area contributed by atoms with Crippen LogP contribution in [0, 0.1) is 20.8 Å². The van der Waals surface area contributed by atoms with Gasteiger partial charge >= 0.3 is 0 Å². The smallest absolute Gasteiger partial charge is 0.275 e. The average molecular weight is 695 g/mol. The first-order valence-corrected chi connectivity index (χ1v) is 11.0. The minimum atomic E-state index is -0.825. The first-order valence-electron chi connectivity index (χ1n) is 7.41. The Hall–Kier alpha value is -0.0100. The second kappa shape index (κ2) is 8.79. The summed E-state index contributed by atoms with van der Waals surface area (Å²) < 4.78 is 3.43. The molecule has 0 aliphatic heterocycles. The van der Waals surface area contributed by atoms with Crippen LogP contribution in [0.15, 0.2) is 18.2 Å². The van der Waals surface area contributed by atoms with E-state index < -0.39 is 10.2 Å². The number of nitrogens with zero attached hydrogens (tertiary/aromatic N) is 1. The molecule has 0 aromatic heterocycles. The minimum absolute atomic E-state index is 0.0858. The van der Waals surface area contributed by atoms with Gasteiger partial charge in [0.15, 0.2) is 0 Å². The maximum Gasteiger partial charge on any atom is 0.282 e. The van der Waals surface area contributed by atoms with Crippen LogP contribution < -0.4 is 0 Å². The molecule has 0 bridgehead atoms. The molecular weight excluding hydrogens is 682 g/mol. The number of nitro benzene ring substituents is 1.